The number of hydrogen-bond acceptors (Lipinski definition) is 9. The first-order valence-corrected chi connectivity index (χ1v) is 13.7. The summed E-state index contributed by atoms with van der Waals surface area (Å²) in [7, 11) is 0. The molecule has 13 nitrogen and oxygen atoms in total. The Hall–Kier alpha value is -4.42. The normalized spacial score (nSPS) is 12.1. The van der Waals surface area contributed by atoms with Gasteiger partial charge in [-0.3, -0.25) is 9.59 Å². The SMILES string of the molecule is CCOC(=O)c1ccc(NC(=O)c2nc[nH]c2C(=O)N[C@@H](CCCCNC(=O)OC(C)(C)C)C(=O)OC(C)(C)C)cc1. The van der Waals surface area contributed by atoms with Crippen LogP contribution < -0.4 is 16.0 Å². The van der Waals surface area contributed by atoms with Crippen LogP contribution in [0.15, 0.2) is 30.6 Å². The summed E-state index contributed by atoms with van der Waals surface area (Å²) in [5.41, 5.74) is -1.05. The number of hydrogen-bond donors (Lipinski definition) is 4. The Morgan fingerprint density at radius 2 is 1.55 bits per heavy atom. The van der Waals surface area contributed by atoms with Crippen molar-refractivity contribution in [3.8, 4) is 0 Å². The Morgan fingerprint density at radius 3 is 2.14 bits per heavy atom. The fourth-order valence-electron chi connectivity index (χ4n) is 3.56. The first-order chi connectivity index (χ1) is 19.6. The van der Waals surface area contributed by atoms with Crippen molar-refractivity contribution >= 4 is 35.5 Å². The summed E-state index contributed by atoms with van der Waals surface area (Å²) in [4.78, 5) is 69.3. The van der Waals surface area contributed by atoms with E-state index in [0.717, 1.165) is 0 Å². The number of benzene rings is 1. The van der Waals surface area contributed by atoms with Crippen LogP contribution in [0, 0.1) is 0 Å². The van der Waals surface area contributed by atoms with E-state index in [2.05, 4.69) is 25.9 Å². The van der Waals surface area contributed by atoms with E-state index in [1.807, 2.05) is 0 Å². The van der Waals surface area contributed by atoms with Crippen molar-refractivity contribution in [3.63, 3.8) is 0 Å². The van der Waals surface area contributed by atoms with Gasteiger partial charge in [-0.2, -0.15) is 0 Å². The number of nitrogens with zero attached hydrogens (tertiary/aromatic N) is 1. The predicted molar refractivity (Wildman–Crippen MR) is 154 cm³/mol. The van der Waals surface area contributed by atoms with Gasteiger partial charge in [0, 0.05) is 12.2 Å². The fraction of sp³-hybridized carbons (Fsp3) is 0.517. The van der Waals surface area contributed by atoms with Gasteiger partial charge in [0.2, 0.25) is 0 Å². The Morgan fingerprint density at radius 1 is 0.905 bits per heavy atom. The zero-order valence-electron chi connectivity index (χ0n) is 25.2. The molecule has 3 amide bonds. The first-order valence-electron chi connectivity index (χ1n) is 13.7. The lowest BCUT2D eigenvalue weighted by Crippen LogP contribution is -2.44. The van der Waals surface area contributed by atoms with Gasteiger partial charge in [0.05, 0.1) is 18.5 Å². The quantitative estimate of drug-likeness (QED) is 0.162. The van der Waals surface area contributed by atoms with E-state index in [9.17, 15) is 24.0 Å². The summed E-state index contributed by atoms with van der Waals surface area (Å²) in [6.07, 6.45) is 1.86. The van der Waals surface area contributed by atoms with E-state index in [1.165, 1.54) is 30.6 Å². The van der Waals surface area contributed by atoms with Crippen LogP contribution in [-0.4, -0.2) is 70.2 Å². The molecule has 42 heavy (non-hydrogen) atoms. The number of unbranched alkanes of at least 4 members (excludes halogenated alkanes) is 1. The Balaban J connectivity index is 2.04. The topological polar surface area (TPSA) is 178 Å². The number of aromatic nitrogens is 2. The second kappa shape index (κ2) is 15.0. The second-order valence-corrected chi connectivity index (χ2v) is 11.4. The minimum absolute atomic E-state index is 0.143. The molecule has 1 heterocycles. The number of carbonyl (C=O) groups is 5. The van der Waals surface area contributed by atoms with Gasteiger partial charge in [0.15, 0.2) is 5.69 Å². The molecule has 1 aromatic heterocycles. The van der Waals surface area contributed by atoms with Crippen LogP contribution in [0.1, 0.15) is 99.1 Å². The number of H-pyrrole nitrogens is 1. The van der Waals surface area contributed by atoms with Crippen LogP contribution in [0.4, 0.5) is 10.5 Å². The van der Waals surface area contributed by atoms with Crippen LogP contribution >= 0.6 is 0 Å². The Bertz CT molecular complexity index is 1240. The maximum Gasteiger partial charge on any atom is 0.407 e. The first kappa shape index (κ1) is 33.8. The van der Waals surface area contributed by atoms with Gasteiger partial charge >= 0.3 is 18.0 Å². The monoisotopic (exact) mass is 587 g/mol. The van der Waals surface area contributed by atoms with Crippen molar-refractivity contribution in [1.82, 2.24) is 20.6 Å². The van der Waals surface area contributed by atoms with Crippen molar-refractivity contribution in [2.45, 2.75) is 85.0 Å². The lowest BCUT2D eigenvalue weighted by Gasteiger charge is -2.24. The summed E-state index contributed by atoms with van der Waals surface area (Å²) in [6.45, 7) is 12.7. The molecular weight excluding hydrogens is 546 g/mol. The molecule has 230 valence electrons. The van der Waals surface area contributed by atoms with Gasteiger partial charge in [0.1, 0.15) is 22.9 Å². The third-order valence-electron chi connectivity index (χ3n) is 5.32. The number of aromatic amines is 1. The van der Waals surface area contributed by atoms with Crippen molar-refractivity contribution < 1.29 is 38.2 Å². The van der Waals surface area contributed by atoms with E-state index < -0.39 is 47.1 Å². The number of anilines is 1. The molecule has 0 fully saturated rings. The smallest absolute Gasteiger partial charge is 0.407 e. The van der Waals surface area contributed by atoms with Gasteiger partial charge in [-0.1, -0.05) is 0 Å². The van der Waals surface area contributed by atoms with Crippen molar-refractivity contribution in [2.24, 2.45) is 0 Å². The molecule has 0 spiro atoms. The third kappa shape index (κ3) is 11.6. The second-order valence-electron chi connectivity index (χ2n) is 11.4. The van der Waals surface area contributed by atoms with Gasteiger partial charge in [-0.15, -0.1) is 0 Å². The molecule has 0 unspecified atom stereocenters. The highest BCUT2D eigenvalue weighted by atomic mass is 16.6. The van der Waals surface area contributed by atoms with Crippen LogP contribution in [0.2, 0.25) is 0 Å². The predicted octanol–water partition coefficient (Wildman–Crippen LogP) is 3.97. The molecular formula is C29H41N5O8. The molecule has 2 rings (SSSR count). The van der Waals surface area contributed by atoms with Crippen LogP contribution in [0.25, 0.3) is 0 Å². The third-order valence-corrected chi connectivity index (χ3v) is 5.32. The molecule has 0 bridgehead atoms. The van der Waals surface area contributed by atoms with E-state index in [0.29, 0.717) is 30.6 Å². The minimum Gasteiger partial charge on any atom is -0.462 e. The number of esters is 2. The Labute approximate surface area is 245 Å². The number of amides is 3. The molecule has 0 aliphatic carbocycles. The lowest BCUT2D eigenvalue weighted by molar-refractivity contribution is -0.157. The Kier molecular flexibility index (Phi) is 12.1. The van der Waals surface area contributed by atoms with Gasteiger partial charge in [-0.25, -0.2) is 19.4 Å². The molecule has 13 heteroatoms. The molecule has 0 radical (unpaired) electrons. The minimum atomic E-state index is -1.02. The van der Waals surface area contributed by atoms with Gasteiger partial charge in [0.25, 0.3) is 11.8 Å². The molecule has 0 saturated carbocycles. The van der Waals surface area contributed by atoms with Gasteiger partial charge < -0.3 is 35.1 Å². The number of imidazole rings is 1. The van der Waals surface area contributed by atoms with Crippen molar-refractivity contribution in [2.75, 3.05) is 18.5 Å². The maximum absolute atomic E-state index is 13.2. The highest BCUT2D eigenvalue weighted by molar-refractivity contribution is 6.10. The molecule has 1 aromatic carbocycles. The zero-order valence-corrected chi connectivity index (χ0v) is 25.2. The fourth-order valence-corrected chi connectivity index (χ4v) is 3.56. The van der Waals surface area contributed by atoms with Crippen LogP contribution in [0.3, 0.4) is 0 Å². The largest absolute Gasteiger partial charge is 0.462 e. The maximum atomic E-state index is 13.2. The number of alkyl carbamates (subject to hydrolysis) is 1. The summed E-state index contributed by atoms with van der Waals surface area (Å²) < 4.78 is 15.6. The summed E-state index contributed by atoms with van der Waals surface area (Å²) in [5.74, 6) is -2.52. The summed E-state index contributed by atoms with van der Waals surface area (Å²) in [5, 5.41) is 7.91. The van der Waals surface area contributed by atoms with E-state index >= 15 is 0 Å². The molecule has 1 atom stereocenters. The highest BCUT2D eigenvalue weighted by Gasteiger charge is 2.29. The van der Waals surface area contributed by atoms with E-state index in [1.54, 1.807) is 48.5 Å². The van der Waals surface area contributed by atoms with Crippen LogP contribution in [0.5, 0.6) is 0 Å². The van der Waals surface area contributed by atoms with Crippen molar-refractivity contribution in [1.29, 1.82) is 0 Å². The average Bonchev–Trinajstić information content (AvgIpc) is 3.37. The molecule has 0 saturated heterocycles. The molecule has 0 aliphatic rings. The summed E-state index contributed by atoms with van der Waals surface area (Å²) in [6, 6.07) is 5.02. The number of ether oxygens (including phenoxy) is 3. The van der Waals surface area contributed by atoms with Gasteiger partial charge in [-0.05, 0) is 92.0 Å². The zero-order chi connectivity index (χ0) is 31.5. The lowest BCUT2D eigenvalue weighted by atomic mass is 10.1. The number of nitrogens with one attached hydrogen (secondary N) is 4. The number of carbonyl (C=O) groups excluding carboxylic acids is 5. The highest BCUT2D eigenvalue weighted by Crippen LogP contribution is 2.15. The average molecular weight is 588 g/mol. The van der Waals surface area contributed by atoms with E-state index in [-0.39, 0.29) is 24.4 Å². The molecule has 0 aliphatic heterocycles. The van der Waals surface area contributed by atoms with Crippen LogP contribution in [-0.2, 0) is 19.0 Å². The summed E-state index contributed by atoms with van der Waals surface area (Å²) >= 11 is 0. The number of rotatable bonds is 12. The molecule has 4 N–H and O–H groups in total. The van der Waals surface area contributed by atoms with Crippen molar-refractivity contribution in [3.05, 3.63) is 47.5 Å². The molecule has 2 aromatic rings. The van der Waals surface area contributed by atoms with E-state index in [4.69, 9.17) is 14.2 Å². The standard InChI is InChI=1S/C29H41N5O8/c1-8-40-25(37)18-12-14-19(15-13-18)33-23(35)21-22(32-17-31-21)24(36)34-20(26(38)41-28(2,3)4)11-9-10-16-30-27(39)42-29(5,6)7/h12-15,17,20H,8-11,16H2,1-7H3,(H,30,39)(H,31,32)(H,33,35)(H,34,36)/t20-/m0/s1.